The molecule has 1 N–H and O–H groups in total. The number of carbonyl (C=O) groups excluding carboxylic acids is 1. The smallest absolute Gasteiger partial charge is 0.234 e. The predicted molar refractivity (Wildman–Crippen MR) is 100 cm³/mol. The fraction of sp³-hybridized carbons (Fsp3) is 0.350. The zero-order valence-corrected chi connectivity index (χ0v) is 14.8. The van der Waals surface area contributed by atoms with Crippen LogP contribution in [0.25, 0.3) is 17.0 Å². The molecule has 2 heterocycles. The van der Waals surface area contributed by atoms with Gasteiger partial charge in [-0.3, -0.25) is 9.20 Å². The Bertz CT molecular complexity index is 895. The SMILES string of the molecule is COc1ccc(-c2cn3cccnc3n2)cc1NC(=O)CC1CCCC1. The lowest BCUT2D eigenvalue weighted by molar-refractivity contribution is -0.117. The highest BCUT2D eigenvalue weighted by atomic mass is 16.5. The third kappa shape index (κ3) is 3.40. The van der Waals surface area contributed by atoms with Crippen molar-refractivity contribution in [3.63, 3.8) is 0 Å². The second-order valence-electron chi connectivity index (χ2n) is 6.77. The Morgan fingerprint density at radius 1 is 1.35 bits per heavy atom. The molecule has 1 fully saturated rings. The molecule has 0 bridgehead atoms. The summed E-state index contributed by atoms with van der Waals surface area (Å²) >= 11 is 0. The first-order valence-electron chi connectivity index (χ1n) is 9.01. The number of anilines is 1. The number of benzene rings is 1. The van der Waals surface area contributed by atoms with E-state index in [1.807, 2.05) is 41.1 Å². The van der Waals surface area contributed by atoms with Crippen molar-refractivity contribution in [1.29, 1.82) is 0 Å². The van der Waals surface area contributed by atoms with E-state index in [-0.39, 0.29) is 5.91 Å². The molecule has 1 saturated carbocycles. The molecular formula is C20H22N4O2. The standard InChI is InChI=1S/C20H22N4O2/c1-26-18-8-7-15(17-13-24-10-4-9-21-20(24)23-17)12-16(18)22-19(25)11-14-5-2-3-6-14/h4,7-10,12-14H,2-3,5-6,11H2,1H3,(H,22,25). The number of fused-ring (bicyclic) bond motifs is 1. The van der Waals surface area contributed by atoms with Gasteiger partial charge in [0.2, 0.25) is 11.7 Å². The second-order valence-corrected chi connectivity index (χ2v) is 6.77. The summed E-state index contributed by atoms with van der Waals surface area (Å²) in [6, 6.07) is 7.57. The molecule has 0 radical (unpaired) electrons. The van der Waals surface area contributed by atoms with Crippen LogP contribution in [0.5, 0.6) is 5.75 Å². The molecule has 2 aromatic heterocycles. The van der Waals surface area contributed by atoms with Gasteiger partial charge in [0.05, 0.1) is 18.5 Å². The quantitative estimate of drug-likeness (QED) is 0.757. The highest BCUT2D eigenvalue weighted by Crippen LogP contribution is 2.32. The number of rotatable bonds is 5. The minimum absolute atomic E-state index is 0.0454. The Hall–Kier alpha value is -2.89. The van der Waals surface area contributed by atoms with Crippen molar-refractivity contribution >= 4 is 17.4 Å². The van der Waals surface area contributed by atoms with E-state index in [0.717, 1.165) is 24.1 Å². The van der Waals surface area contributed by atoms with Gasteiger partial charge in [0, 0.05) is 30.6 Å². The summed E-state index contributed by atoms with van der Waals surface area (Å²) in [6.45, 7) is 0. The van der Waals surface area contributed by atoms with Crippen molar-refractivity contribution in [3.8, 4) is 17.0 Å². The molecule has 0 unspecified atom stereocenters. The number of amides is 1. The summed E-state index contributed by atoms with van der Waals surface area (Å²) in [5, 5.41) is 3.02. The Balaban J connectivity index is 1.59. The van der Waals surface area contributed by atoms with E-state index in [2.05, 4.69) is 15.3 Å². The van der Waals surface area contributed by atoms with Gasteiger partial charge in [-0.15, -0.1) is 0 Å². The van der Waals surface area contributed by atoms with Gasteiger partial charge in [-0.2, -0.15) is 0 Å². The third-order valence-corrected chi connectivity index (χ3v) is 4.95. The summed E-state index contributed by atoms with van der Waals surface area (Å²) in [7, 11) is 1.61. The number of nitrogens with one attached hydrogen (secondary N) is 1. The third-order valence-electron chi connectivity index (χ3n) is 4.95. The number of aromatic nitrogens is 3. The molecule has 0 atom stereocenters. The summed E-state index contributed by atoms with van der Waals surface area (Å²) in [6.07, 6.45) is 10.9. The number of ether oxygens (including phenoxy) is 1. The molecule has 6 heteroatoms. The zero-order chi connectivity index (χ0) is 17.9. The average molecular weight is 350 g/mol. The number of hydrogen-bond donors (Lipinski definition) is 1. The first-order valence-corrected chi connectivity index (χ1v) is 9.01. The van der Waals surface area contributed by atoms with Gasteiger partial charge in [0.15, 0.2) is 0 Å². The molecule has 3 aromatic rings. The molecule has 1 aromatic carbocycles. The van der Waals surface area contributed by atoms with Gasteiger partial charge in [-0.05, 0) is 43.0 Å². The topological polar surface area (TPSA) is 68.5 Å². The zero-order valence-electron chi connectivity index (χ0n) is 14.8. The molecule has 6 nitrogen and oxygen atoms in total. The molecule has 0 aliphatic heterocycles. The minimum atomic E-state index is 0.0454. The molecule has 1 aliphatic rings. The number of carbonyl (C=O) groups is 1. The summed E-state index contributed by atoms with van der Waals surface area (Å²) < 4.78 is 7.29. The van der Waals surface area contributed by atoms with Crippen LogP contribution in [0.2, 0.25) is 0 Å². The largest absolute Gasteiger partial charge is 0.495 e. The van der Waals surface area contributed by atoms with E-state index < -0.39 is 0 Å². The van der Waals surface area contributed by atoms with Crippen LogP contribution in [0.4, 0.5) is 5.69 Å². The summed E-state index contributed by atoms with van der Waals surface area (Å²) in [4.78, 5) is 21.2. The average Bonchev–Trinajstić information content (AvgIpc) is 3.30. The van der Waals surface area contributed by atoms with Crippen LogP contribution in [0, 0.1) is 5.92 Å². The van der Waals surface area contributed by atoms with E-state index in [4.69, 9.17) is 4.74 Å². The van der Waals surface area contributed by atoms with Crippen molar-refractivity contribution in [2.45, 2.75) is 32.1 Å². The molecular weight excluding hydrogens is 328 g/mol. The normalized spacial score (nSPS) is 14.7. The van der Waals surface area contributed by atoms with Crippen molar-refractivity contribution < 1.29 is 9.53 Å². The van der Waals surface area contributed by atoms with Gasteiger partial charge in [-0.1, -0.05) is 12.8 Å². The van der Waals surface area contributed by atoms with Crippen LogP contribution in [0.15, 0.2) is 42.9 Å². The Morgan fingerprint density at radius 3 is 2.96 bits per heavy atom. The second kappa shape index (κ2) is 7.15. The molecule has 0 spiro atoms. The summed E-state index contributed by atoms with van der Waals surface area (Å²) in [5.41, 5.74) is 2.39. The van der Waals surface area contributed by atoms with E-state index >= 15 is 0 Å². The molecule has 0 saturated heterocycles. The fourth-order valence-electron chi connectivity index (χ4n) is 3.61. The van der Waals surface area contributed by atoms with Gasteiger partial charge >= 0.3 is 0 Å². The lowest BCUT2D eigenvalue weighted by Crippen LogP contribution is -2.15. The Kier molecular flexibility index (Phi) is 4.56. The van der Waals surface area contributed by atoms with Gasteiger partial charge in [-0.25, -0.2) is 9.97 Å². The van der Waals surface area contributed by atoms with Crippen LogP contribution in [0.3, 0.4) is 0 Å². The molecule has 4 rings (SSSR count). The fourth-order valence-corrected chi connectivity index (χ4v) is 3.61. The Labute approximate surface area is 152 Å². The van der Waals surface area contributed by atoms with Crippen LogP contribution in [-0.2, 0) is 4.79 Å². The van der Waals surface area contributed by atoms with Crippen LogP contribution >= 0.6 is 0 Å². The number of imidazole rings is 1. The van der Waals surface area contributed by atoms with E-state index in [0.29, 0.717) is 29.6 Å². The highest BCUT2D eigenvalue weighted by molar-refractivity contribution is 5.93. The van der Waals surface area contributed by atoms with Gasteiger partial charge < -0.3 is 10.1 Å². The van der Waals surface area contributed by atoms with Crippen molar-refractivity contribution in [3.05, 3.63) is 42.9 Å². The first kappa shape index (κ1) is 16.6. The molecule has 1 aliphatic carbocycles. The maximum atomic E-state index is 12.4. The number of hydrogen-bond acceptors (Lipinski definition) is 4. The minimum Gasteiger partial charge on any atom is -0.495 e. The van der Waals surface area contributed by atoms with E-state index in [1.165, 1.54) is 12.8 Å². The highest BCUT2D eigenvalue weighted by Gasteiger charge is 2.19. The van der Waals surface area contributed by atoms with Crippen molar-refractivity contribution in [1.82, 2.24) is 14.4 Å². The van der Waals surface area contributed by atoms with E-state index in [1.54, 1.807) is 13.3 Å². The van der Waals surface area contributed by atoms with Gasteiger partial charge in [0.1, 0.15) is 5.75 Å². The lowest BCUT2D eigenvalue weighted by atomic mass is 10.0. The van der Waals surface area contributed by atoms with E-state index in [9.17, 15) is 4.79 Å². The molecule has 1 amide bonds. The maximum Gasteiger partial charge on any atom is 0.234 e. The van der Waals surface area contributed by atoms with Crippen LogP contribution < -0.4 is 10.1 Å². The Morgan fingerprint density at radius 2 is 2.19 bits per heavy atom. The van der Waals surface area contributed by atoms with Gasteiger partial charge in [0.25, 0.3) is 0 Å². The van der Waals surface area contributed by atoms with Crippen LogP contribution in [-0.4, -0.2) is 27.4 Å². The lowest BCUT2D eigenvalue weighted by Gasteiger charge is -2.13. The predicted octanol–water partition coefficient (Wildman–Crippen LogP) is 3.92. The summed E-state index contributed by atoms with van der Waals surface area (Å²) in [5.74, 6) is 1.85. The maximum absolute atomic E-state index is 12.4. The first-order chi connectivity index (χ1) is 12.7. The van der Waals surface area contributed by atoms with Crippen molar-refractivity contribution in [2.75, 3.05) is 12.4 Å². The molecule has 134 valence electrons. The number of nitrogens with zero attached hydrogens (tertiary/aromatic N) is 3. The molecule has 26 heavy (non-hydrogen) atoms. The number of methoxy groups -OCH3 is 1. The van der Waals surface area contributed by atoms with Crippen molar-refractivity contribution in [2.24, 2.45) is 5.92 Å². The monoisotopic (exact) mass is 350 g/mol. The van der Waals surface area contributed by atoms with Crippen LogP contribution in [0.1, 0.15) is 32.1 Å².